The Morgan fingerprint density at radius 1 is 1.33 bits per heavy atom. The molecule has 4 heteroatoms. The number of carbonyl (C=O) groups is 1. The van der Waals surface area contributed by atoms with Crippen LogP contribution in [0.5, 0.6) is 11.5 Å². The van der Waals surface area contributed by atoms with Gasteiger partial charge in [0.2, 0.25) is 0 Å². The van der Waals surface area contributed by atoms with Gasteiger partial charge in [-0.3, -0.25) is 4.79 Å². The number of hydrogen-bond donors (Lipinski definition) is 1. The predicted molar refractivity (Wildman–Crippen MR) is 67.2 cm³/mol. The van der Waals surface area contributed by atoms with E-state index in [9.17, 15) is 4.79 Å². The lowest BCUT2D eigenvalue weighted by atomic mass is 9.98. The van der Waals surface area contributed by atoms with E-state index in [4.69, 9.17) is 14.6 Å². The van der Waals surface area contributed by atoms with Crippen LogP contribution in [0.25, 0.3) is 0 Å². The molecule has 1 aliphatic rings. The van der Waals surface area contributed by atoms with Gasteiger partial charge in [-0.25, -0.2) is 0 Å². The molecule has 4 nitrogen and oxygen atoms in total. The van der Waals surface area contributed by atoms with Gasteiger partial charge in [0.05, 0.1) is 0 Å². The average molecular weight is 250 g/mol. The van der Waals surface area contributed by atoms with Crippen molar-refractivity contribution in [2.24, 2.45) is 5.92 Å². The molecule has 1 heterocycles. The zero-order valence-corrected chi connectivity index (χ0v) is 10.5. The maximum Gasteiger partial charge on any atom is 0.303 e. The summed E-state index contributed by atoms with van der Waals surface area (Å²) < 4.78 is 11.0. The maximum atomic E-state index is 10.6. The molecule has 0 radical (unpaired) electrons. The summed E-state index contributed by atoms with van der Waals surface area (Å²) in [6.07, 6.45) is 1.96. The average Bonchev–Trinajstić information content (AvgIpc) is 2.35. The molecule has 0 aliphatic carbocycles. The third-order valence-electron chi connectivity index (χ3n) is 3.06. The van der Waals surface area contributed by atoms with Crippen molar-refractivity contribution in [3.63, 3.8) is 0 Å². The van der Waals surface area contributed by atoms with Crippen LogP contribution in [-0.4, -0.2) is 24.3 Å². The van der Waals surface area contributed by atoms with E-state index in [1.54, 1.807) is 0 Å². The fourth-order valence-corrected chi connectivity index (χ4v) is 2.06. The molecule has 1 unspecified atom stereocenters. The van der Waals surface area contributed by atoms with Gasteiger partial charge in [-0.2, -0.15) is 0 Å². The molecular formula is C14H18O4. The fourth-order valence-electron chi connectivity index (χ4n) is 2.06. The van der Waals surface area contributed by atoms with Crippen LogP contribution in [0.3, 0.4) is 0 Å². The Morgan fingerprint density at radius 2 is 2.06 bits per heavy atom. The van der Waals surface area contributed by atoms with Gasteiger partial charge in [-0.1, -0.05) is 13.0 Å². The summed E-state index contributed by atoms with van der Waals surface area (Å²) in [6, 6.07) is 5.93. The van der Waals surface area contributed by atoms with Crippen LogP contribution < -0.4 is 9.47 Å². The van der Waals surface area contributed by atoms with Crippen LogP contribution >= 0.6 is 0 Å². The van der Waals surface area contributed by atoms with Gasteiger partial charge in [0.15, 0.2) is 11.5 Å². The van der Waals surface area contributed by atoms with Gasteiger partial charge in [0.25, 0.3) is 0 Å². The molecule has 0 aromatic heterocycles. The van der Waals surface area contributed by atoms with Crippen molar-refractivity contribution in [1.29, 1.82) is 0 Å². The third-order valence-corrected chi connectivity index (χ3v) is 3.06. The minimum atomic E-state index is -0.732. The van der Waals surface area contributed by atoms with E-state index in [0.29, 0.717) is 13.2 Å². The molecule has 2 rings (SSSR count). The van der Waals surface area contributed by atoms with Gasteiger partial charge < -0.3 is 14.6 Å². The van der Waals surface area contributed by atoms with Gasteiger partial charge >= 0.3 is 5.97 Å². The molecule has 0 spiro atoms. The highest BCUT2D eigenvalue weighted by Crippen LogP contribution is 2.31. The first-order chi connectivity index (χ1) is 8.65. The second-order valence-corrected chi connectivity index (χ2v) is 4.72. The zero-order chi connectivity index (χ0) is 13.0. The van der Waals surface area contributed by atoms with Crippen LogP contribution in [0.15, 0.2) is 18.2 Å². The van der Waals surface area contributed by atoms with Crippen molar-refractivity contribution in [1.82, 2.24) is 0 Å². The van der Waals surface area contributed by atoms with E-state index in [-0.39, 0.29) is 12.3 Å². The summed E-state index contributed by atoms with van der Waals surface area (Å²) in [5.41, 5.74) is 1.16. The summed E-state index contributed by atoms with van der Waals surface area (Å²) in [4.78, 5) is 10.6. The number of aliphatic carboxylic acids is 1. The van der Waals surface area contributed by atoms with Gasteiger partial charge in [-0.15, -0.1) is 0 Å². The normalized spacial score (nSPS) is 15.2. The number of fused-ring (bicyclic) bond motifs is 1. The minimum absolute atomic E-state index is 0.190. The van der Waals surface area contributed by atoms with Crippen molar-refractivity contribution in [2.45, 2.75) is 26.2 Å². The van der Waals surface area contributed by atoms with Crippen LogP contribution in [0.4, 0.5) is 0 Å². The lowest BCUT2D eigenvalue weighted by molar-refractivity contribution is -0.138. The van der Waals surface area contributed by atoms with E-state index in [1.165, 1.54) is 0 Å². The Kier molecular flexibility index (Phi) is 4.07. The molecule has 0 amide bonds. The third kappa shape index (κ3) is 3.39. The van der Waals surface area contributed by atoms with Crippen molar-refractivity contribution in [3.05, 3.63) is 23.8 Å². The molecule has 1 atom stereocenters. The van der Waals surface area contributed by atoms with Crippen molar-refractivity contribution in [2.75, 3.05) is 13.2 Å². The van der Waals surface area contributed by atoms with Crippen LogP contribution in [0, 0.1) is 5.92 Å². The summed E-state index contributed by atoms with van der Waals surface area (Å²) >= 11 is 0. The molecular weight excluding hydrogens is 232 g/mol. The van der Waals surface area contributed by atoms with E-state index in [1.807, 2.05) is 25.1 Å². The van der Waals surface area contributed by atoms with Crippen LogP contribution in [-0.2, 0) is 11.2 Å². The smallest absolute Gasteiger partial charge is 0.303 e. The summed E-state index contributed by atoms with van der Waals surface area (Å²) in [7, 11) is 0. The van der Waals surface area contributed by atoms with Crippen molar-refractivity contribution >= 4 is 5.97 Å². The Bertz CT molecular complexity index is 428. The molecule has 18 heavy (non-hydrogen) atoms. The first kappa shape index (κ1) is 12.7. The van der Waals surface area contributed by atoms with E-state index in [0.717, 1.165) is 29.9 Å². The van der Waals surface area contributed by atoms with E-state index >= 15 is 0 Å². The fraction of sp³-hybridized carbons (Fsp3) is 0.500. The second-order valence-electron chi connectivity index (χ2n) is 4.72. The standard InChI is InChI=1S/C14H18O4/c1-10(8-14(15)16)2-3-11-4-5-12-13(9-11)18-7-6-17-12/h4-5,9-10H,2-3,6-8H2,1H3,(H,15,16). The monoisotopic (exact) mass is 250 g/mol. The SMILES string of the molecule is CC(CCc1ccc2c(c1)OCCO2)CC(=O)O. The molecule has 1 aromatic rings. The molecule has 0 fully saturated rings. The second kappa shape index (κ2) is 5.76. The molecule has 1 aromatic carbocycles. The predicted octanol–water partition coefficient (Wildman–Crippen LogP) is 2.50. The quantitative estimate of drug-likeness (QED) is 0.872. The van der Waals surface area contributed by atoms with Crippen molar-refractivity contribution in [3.8, 4) is 11.5 Å². The molecule has 0 saturated carbocycles. The minimum Gasteiger partial charge on any atom is -0.486 e. The number of rotatable bonds is 5. The van der Waals surface area contributed by atoms with Gasteiger partial charge in [0.1, 0.15) is 13.2 Å². The number of carboxylic acids is 1. The molecule has 98 valence electrons. The number of benzene rings is 1. The highest BCUT2D eigenvalue weighted by molar-refractivity contribution is 5.66. The first-order valence-electron chi connectivity index (χ1n) is 6.25. The lowest BCUT2D eigenvalue weighted by Gasteiger charge is -2.19. The Balaban J connectivity index is 1.91. The van der Waals surface area contributed by atoms with E-state index in [2.05, 4.69) is 0 Å². The van der Waals surface area contributed by atoms with Crippen LogP contribution in [0.1, 0.15) is 25.3 Å². The maximum absolute atomic E-state index is 10.6. The number of carboxylic acid groups (broad SMARTS) is 1. The van der Waals surface area contributed by atoms with E-state index < -0.39 is 5.97 Å². The molecule has 0 saturated heterocycles. The Morgan fingerprint density at radius 3 is 2.78 bits per heavy atom. The lowest BCUT2D eigenvalue weighted by Crippen LogP contribution is -2.15. The number of aryl methyl sites for hydroxylation is 1. The summed E-state index contributed by atoms with van der Waals surface area (Å²) in [5, 5.41) is 8.70. The zero-order valence-electron chi connectivity index (χ0n) is 10.5. The molecule has 0 bridgehead atoms. The van der Waals surface area contributed by atoms with Gasteiger partial charge in [0, 0.05) is 6.42 Å². The summed E-state index contributed by atoms with van der Waals surface area (Å²) in [6.45, 7) is 3.15. The Hall–Kier alpha value is -1.71. The molecule has 1 N–H and O–H groups in total. The largest absolute Gasteiger partial charge is 0.486 e. The van der Waals surface area contributed by atoms with Crippen molar-refractivity contribution < 1.29 is 19.4 Å². The topological polar surface area (TPSA) is 55.8 Å². The Labute approximate surface area is 107 Å². The highest BCUT2D eigenvalue weighted by Gasteiger charge is 2.12. The molecule has 1 aliphatic heterocycles. The summed E-state index contributed by atoms with van der Waals surface area (Å²) in [5.74, 6) is 1.05. The number of ether oxygens (including phenoxy) is 2. The first-order valence-corrected chi connectivity index (χ1v) is 6.25. The van der Waals surface area contributed by atoms with Gasteiger partial charge in [-0.05, 0) is 36.5 Å². The highest BCUT2D eigenvalue weighted by atomic mass is 16.6. The van der Waals surface area contributed by atoms with Crippen LogP contribution in [0.2, 0.25) is 0 Å². The number of hydrogen-bond acceptors (Lipinski definition) is 3.